The summed E-state index contributed by atoms with van der Waals surface area (Å²) in [5.41, 5.74) is 0. The van der Waals surface area contributed by atoms with E-state index in [2.05, 4.69) is 0 Å². The lowest BCUT2D eigenvalue weighted by molar-refractivity contribution is 0.106. The Bertz CT molecular complexity index is 144. The van der Waals surface area contributed by atoms with Gasteiger partial charge < -0.3 is 10.2 Å². The molecule has 0 aromatic carbocycles. The Hall–Kier alpha value is -0.500. The standard InChI is InChI=1S/C9H16O2/c1-2-9(11)7-3-5-8(10)6-4-7/h2,7-8,10-11H,3-6H2,1H3/b9-2+. The van der Waals surface area contributed by atoms with E-state index in [0.717, 1.165) is 25.7 Å². The molecule has 0 spiro atoms. The van der Waals surface area contributed by atoms with Crippen molar-refractivity contribution in [2.75, 3.05) is 0 Å². The molecule has 11 heavy (non-hydrogen) atoms. The summed E-state index contributed by atoms with van der Waals surface area (Å²) in [6.07, 6.45) is 5.15. The summed E-state index contributed by atoms with van der Waals surface area (Å²) < 4.78 is 0. The highest BCUT2D eigenvalue weighted by Crippen LogP contribution is 2.28. The van der Waals surface area contributed by atoms with Crippen LogP contribution < -0.4 is 0 Å². The predicted molar refractivity (Wildman–Crippen MR) is 44.4 cm³/mol. The summed E-state index contributed by atoms with van der Waals surface area (Å²) >= 11 is 0. The summed E-state index contributed by atoms with van der Waals surface area (Å²) in [5.74, 6) is 0.806. The van der Waals surface area contributed by atoms with Crippen molar-refractivity contribution in [3.05, 3.63) is 11.8 Å². The van der Waals surface area contributed by atoms with Crippen LogP contribution in [-0.2, 0) is 0 Å². The van der Waals surface area contributed by atoms with E-state index in [4.69, 9.17) is 0 Å². The first kappa shape index (κ1) is 8.60. The molecule has 0 amide bonds. The fraction of sp³-hybridized carbons (Fsp3) is 0.778. The van der Waals surface area contributed by atoms with Crippen LogP contribution in [0.5, 0.6) is 0 Å². The second-order valence-electron chi connectivity index (χ2n) is 3.22. The van der Waals surface area contributed by atoms with Gasteiger partial charge in [-0.15, -0.1) is 0 Å². The third-order valence-electron chi connectivity index (χ3n) is 2.41. The van der Waals surface area contributed by atoms with Crippen LogP contribution in [0.2, 0.25) is 0 Å². The van der Waals surface area contributed by atoms with E-state index < -0.39 is 0 Å². The molecule has 0 aromatic heterocycles. The van der Waals surface area contributed by atoms with Gasteiger partial charge in [-0.05, 0) is 38.7 Å². The van der Waals surface area contributed by atoms with Crippen LogP contribution >= 0.6 is 0 Å². The molecule has 0 unspecified atom stereocenters. The maximum Gasteiger partial charge on any atom is 0.0910 e. The lowest BCUT2D eigenvalue weighted by atomic mass is 9.86. The smallest absolute Gasteiger partial charge is 0.0910 e. The van der Waals surface area contributed by atoms with Gasteiger partial charge in [-0.2, -0.15) is 0 Å². The average Bonchev–Trinajstić information content (AvgIpc) is 2.05. The summed E-state index contributed by atoms with van der Waals surface area (Å²) in [6.45, 7) is 1.85. The topological polar surface area (TPSA) is 40.5 Å². The lowest BCUT2D eigenvalue weighted by Crippen LogP contribution is -2.19. The summed E-state index contributed by atoms with van der Waals surface area (Å²) in [5, 5.41) is 18.5. The van der Waals surface area contributed by atoms with E-state index >= 15 is 0 Å². The van der Waals surface area contributed by atoms with Crippen molar-refractivity contribution in [1.82, 2.24) is 0 Å². The molecule has 1 aliphatic carbocycles. The van der Waals surface area contributed by atoms with Gasteiger partial charge >= 0.3 is 0 Å². The highest BCUT2D eigenvalue weighted by molar-refractivity contribution is 4.96. The second kappa shape index (κ2) is 3.77. The van der Waals surface area contributed by atoms with Gasteiger partial charge in [0.2, 0.25) is 0 Å². The van der Waals surface area contributed by atoms with E-state index in [-0.39, 0.29) is 6.10 Å². The Labute approximate surface area is 67.6 Å². The number of rotatable bonds is 1. The fourth-order valence-electron chi connectivity index (χ4n) is 1.61. The van der Waals surface area contributed by atoms with Gasteiger partial charge in [0.05, 0.1) is 11.9 Å². The van der Waals surface area contributed by atoms with Crippen LogP contribution in [0.25, 0.3) is 0 Å². The van der Waals surface area contributed by atoms with Gasteiger partial charge in [0.1, 0.15) is 0 Å². The molecule has 2 heteroatoms. The maximum atomic E-state index is 9.35. The van der Waals surface area contributed by atoms with Crippen LogP contribution in [0.3, 0.4) is 0 Å². The second-order valence-corrected chi connectivity index (χ2v) is 3.22. The minimum absolute atomic E-state index is 0.129. The van der Waals surface area contributed by atoms with Crippen molar-refractivity contribution in [3.63, 3.8) is 0 Å². The molecule has 0 radical (unpaired) electrons. The van der Waals surface area contributed by atoms with Crippen LogP contribution in [0.4, 0.5) is 0 Å². The van der Waals surface area contributed by atoms with E-state index in [0.29, 0.717) is 11.7 Å². The van der Waals surface area contributed by atoms with Crippen molar-refractivity contribution < 1.29 is 10.2 Å². The predicted octanol–water partition coefficient (Wildman–Crippen LogP) is 2.00. The molecule has 0 heterocycles. The van der Waals surface area contributed by atoms with Crippen molar-refractivity contribution >= 4 is 0 Å². The Morgan fingerprint density at radius 3 is 2.27 bits per heavy atom. The van der Waals surface area contributed by atoms with Crippen LogP contribution in [0.1, 0.15) is 32.6 Å². The summed E-state index contributed by atoms with van der Waals surface area (Å²) in [6, 6.07) is 0. The van der Waals surface area contributed by atoms with Gasteiger partial charge in [-0.3, -0.25) is 0 Å². The maximum absolute atomic E-state index is 9.35. The SMILES string of the molecule is C/C=C(/O)C1CCC(O)CC1. The van der Waals surface area contributed by atoms with Gasteiger partial charge in [0, 0.05) is 5.92 Å². The van der Waals surface area contributed by atoms with E-state index in [1.54, 1.807) is 6.08 Å². The van der Waals surface area contributed by atoms with E-state index in [9.17, 15) is 10.2 Å². The van der Waals surface area contributed by atoms with E-state index in [1.165, 1.54) is 0 Å². The molecule has 0 bridgehead atoms. The molecule has 1 rings (SSSR count). The molecule has 2 nitrogen and oxygen atoms in total. The average molecular weight is 156 g/mol. The Morgan fingerprint density at radius 2 is 1.82 bits per heavy atom. The highest BCUT2D eigenvalue weighted by atomic mass is 16.3. The monoisotopic (exact) mass is 156 g/mol. The van der Waals surface area contributed by atoms with Crippen LogP contribution in [0, 0.1) is 5.92 Å². The third kappa shape index (κ3) is 2.22. The first-order valence-electron chi connectivity index (χ1n) is 4.27. The fourth-order valence-corrected chi connectivity index (χ4v) is 1.61. The molecular weight excluding hydrogens is 140 g/mol. The molecule has 2 N–H and O–H groups in total. The molecule has 0 aromatic rings. The van der Waals surface area contributed by atoms with Crippen molar-refractivity contribution in [2.45, 2.75) is 38.7 Å². The molecule has 1 fully saturated rings. The van der Waals surface area contributed by atoms with Crippen molar-refractivity contribution in [1.29, 1.82) is 0 Å². The molecule has 0 aliphatic heterocycles. The molecular formula is C9H16O2. The normalized spacial score (nSPS) is 33.8. The van der Waals surface area contributed by atoms with Crippen molar-refractivity contribution in [2.24, 2.45) is 5.92 Å². The zero-order valence-electron chi connectivity index (χ0n) is 6.95. The van der Waals surface area contributed by atoms with Gasteiger partial charge in [0.25, 0.3) is 0 Å². The molecule has 64 valence electrons. The molecule has 1 saturated carbocycles. The first-order valence-corrected chi connectivity index (χ1v) is 4.27. The Kier molecular flexibility index (Phi) is 2.94. The third-order valence-corrected chi connectivity index (χ3v) is 2.41. The summed E-state index contributed by atoms with van der Waals surface area (Å²) in [4.78, 5) is 0. The molecule has 1 aliphatic rings. The molecule has 0 atom stereocenters. The lowest BCUT2D eigenvalue weighted by Gasteiger charge is -2.24. The van der Waals surface area contributed by atoms with Crippen molar-refractivity contribution in [3.8, 4) is 0 Å². The largest absolute Gasteiger partial charge is 0.512 e. The number of hydrogen-bond donors (Lipinski definition) is 2. The zero-order valence-corrected chi connectivity index (χ0v) is 6.95. The molecule has 0 saturated heterocycles. The van der Waals surface area contributed by atoms with E-state index in [1.807, 2.05) is 6.92 Å². The number of allylic oxidation sites excluding steroid dienone is 2. The zero-order chi connectivity index (χ0) is 8.27. The van der Waals surface area contributed by atoms with Gasteiger partial charge in [-0.25, -0.2) is 0 Å². The van der Waals surface area contributed by atoms with Crippen LogP contribution in [0.15, 0.2) is 11.8 Å². The number of aliphatic hydroxyl groups is 2. The summed E-state index contributed by atoms with van der Waals surface area (Å²) in [7, 11) is 0. The van der Waals surface area contributed by atoms with Gasteiger partial charge in [-0.1, -0.05) is 0 Å². The minimum Gasteiger partial charge on any atom is -0.512 e. The van der Waals surface area contributed by atoms with Gasteiger partial charge in [0.15, 0.2) is 0 Å². The number of hydrogen-bond acceptors (Lipinski definition) is 2. The highest BCUT2D eigenvalue weighted by Gasteiger charge is 2.21. The Morgan fingerprint density at radius 1 is 1.27 bits per heavy atom. The minimum atomic E-state index is -0.129. The quantitative estimate of drug-likeness (QED) is 0.570. The Balaban J connectivity index is 2.39. The number of aliphatic hydroxyl groups excluding tert-OH is 2. The first-order chi connectivity index (χ1) is 5.24. The van der Waals surface area contributed by atoms with Crippen LogP contribution in [-0.4, -0.2) is 16.3 Å².